The molecule has 29 heavy (non-hydrogen) atoms. The highest BCUT2D eigenvalue weighted by molar-refractivity contribution is 6.38. The minimum absolute atomic E-state index is 0.244. The molecule has 0 bridgehead atoms. The topological polar surface area (TPSA) is 64.4 Å². The number of halogens is 3. The highest BCUT2D eigenvalue weighted by Gasteiger charge is 2.16. The standard InChI is InChI=1S/C21H13Cl3N2O3/c1-28-19-15(23)8-11(9-16(19)24)20(27)25-12-6-7-14(22)13(10-12)21-26-17-4-2-3-5-18(17)29-21/h2-10H,1H3,(H,25,27). The fraction of sp³-hybridized carbons (Fsp3) is 0.0476. The third kappa shape index (κ3) is 3.90. The Morgan fingerprint density at radius 1 is 1.00 bits per heavy atom. The Kier molecular flexibility index (Phi) is 5.37. The summed E-state index contributed by atoms with van der Waals surface area (Å²) in [5.41, 5.74) is 2.73. The average Bonchev–Trinajstić information content (AvgIpc) is 3.13. The number of oxazole rings is 1. The van der Waals surface area contributed by atoms with E-state index in [-0.39, 0.29) is 16.0 Å². The normalized spacial score (nSPS) is 10.9. The van der Waals surface area contributed by atoms with Gasteiger partial charge in [-0.3, -0.25) is 4.79 Å². The van der Waals surface area contributed by atoms with Gasteiger partial charge in [-0.25, -0.2) is 4.98 Å². The molecule has 8 heteroatoms. The number of nitrogens with zero attached hydrogens (tertiary/aromatic N) is 1. The van der Waals surface area contributed by atoms with Crippen molar-refractivity contribution in [3.8, 4) is 17.2 Å². The number of para-hydroxylation sites is 2. The molecule has 3 aromatic carbocycles. The molecular weight excluding hydrogens is 435 g/mol. The van der Waals surface area contributed by atoms with Crippen molar-refractivity contribution < 1.29 is 13.9 Å². The van der Waals surface area contributed by atoms with Crippen molar-refractivity contribution in [1.82, 2.24) is 4.98 Å². The SMILES string of the molecule is COc1c(Cl)cc(C(=O)Nc2ccc(Cl)c(-c3nc4ccccc4o3)c2)cc1Cl. The quantitative estimate of drug-likeness (QED) is 0.377. The number of rotatable bonds is 4. The van der Waals surface area contributed by atoms with E-state index in [4.69, 9.17) is 44.0 Å². The Bertz CT molecular complexity index is 1180. The molecule has 0 aliphatic carbocycles. The van der Waals surface area contributed by atoms with Crippen LogP contribution in [0.2, 0.25) is 15.1 Å². The summed E-state index contributed by atoms with van der Waals surface area (Å²) in [6.07, 6.45) is 0. The van der Waals surface area contributed by atoms with Gasteiger partial charge in [-0.15, -0.1) is 0 Å². The zero-order valence-electron chi connectivity index (χ0n) is 15.0. The Morgan fingerprint density at radius 3 is 2.41 bits per heavy atom. The molecule has 0 saturated heterocycles. The van der Waals surface area contributed by atoms with Crippen LogP contribution in [0.1, 0.15) is 10.4 Å². The van der Waals surface area contributed by atoms with E-state index < -0.39 is 0 Å². The monoisotopic (exact) mass is 446 g/mol. The number of ether oxygens (including phenoxy) is 1. The predicted octanol–water partition coefficient (Wildman–Crippen LogP) is 6.72. The first kappa shape index (κ1) is 19.6. The molecule has 0 saturated carbocycles. The minimum Gasteiger partial charge on any atom is -0.494 e. The molecule has 1 N–H and O–H groups in total. The number of hydrogen-bond acceptors (Lipinski definition) is 4. The van der Waals surface area contributed by atoms with Crippen LogP contribution in [0.15, 0.2) is 59.0 Å². The van der Waals surface area contributed by atoms with Crippen LogP contribution in [0.3, 0.4) is 0 Å². The van der Waals surface area contributed by atoms with Crippen molar-refractivity contribution in [3.63, 3.8) is 0 Å². The minimum atomic E-state index is -0.387. The molecule has 1 aromatic heterocycles. The van der Waals surface area contributed by atoms with Crippen molar-refractivity contribution in [2.75, 3.05) is 12.4 Å². The summed E-state index contributed by atoms with van der Waals surface area (Å²) in [5.74, 6) is 0.291. The number of carbonyl (C=O) groups is 1. The molecule has 146 valence electrons. The molecule has 0 radical (unpaired) electrons. The molecule has 1 heterocycles. The zero-order valence-corrected chi connectivity index (χ0v) is 17.3. The largest absolute Gasteiger partial charge is 0.494 e. The molecule has 0 unspecified atom stereocenters. The lowest BCUT2D eigenvalue weighted by molar-refractivity contribution is 0.102. The summed E-state index contributed by atoms with van der Waals surface area (Å²) in [7, 11) is 1.45. The maximum atomic E-state index is 12.7. The smallest absolute Gasteiger partial charge is 0.255 e. The first-order valence-electron chi connectivity index (χ1n) is 8.46. The Balaban J connectivity index is 1.65. The van der Waals surface area contributed by atoms with E-state index in [1.807, 2.05) is 24.3 Å². The van der Waals surface area contributed by atoms with E-state index in [0.717, 1.165) is 5.52 Å². The lowest BCUT2D eigenvalue weighted by Gasteiger charge is -2.10. The van der Waals surface area contributed by atoms with Crippen molar-refractivity contribution in [3.05, 3.63) is 75.2 Å². The highest BCUT2D eigenvalue weighted by Crippen LogP contribution is 2.35. The van der Waals surface area contributed by atoms with Crippen LogP contribution in [0, 0.1) is 0 Å². The molecular formula is C21H13Cl3N2O3. The van der Waals surface area contributed by atoms with Gasteiger partial charge in [-0.2, -0.15) is 0 Å². The lowest BCUT2D eigenvalue weighted by atomic mass is 10.1. The number of nitrogens with one attached hydrogen (secondary N) is 1. The number of hydrogen-bond donors (Lipinski definition) is 1. The summed E-state index contributed by atoms with van der Waals surface area (Å²) in [5, 5.41) is 3.73. The number of aromatic nitrogens is 1. The molecule has 0 aliphatic rings. The molecule has 4 aromatic rings. The lowest BCUT2D eigenvalue weighted by Crippen LogP contribution is -2.12. The summed E-state index contributed by atoms with van der Waals surface area (Å²) in [6, 6.07) is 15.4. The van der Waals surface area contributed by atoms with E-state index >= 15 is 0 Å². The van der Waals surface area contributed by atoms with Gasteiger partial charge < -0.3 is 14.5 Å². The van der Waals surface area contributed by atoms with Gasteiger partial charge in [0.1, 0.15) is 5.52 Å². The van der Waals surface area contributed by atoms with Crippen LogP contribution in [0.5, 0.6) is 5.75 Å². The first-order valence-corrected chi connectivity index (χ1v) is 9.59. The van der Waals surface area contributed by atoms with E-state index in [1.54, 1.807) is 18.2 Å². The van der Waals surface area contributed by atoms with Gasteiger partial charge in [0.05, 0.1) is 27.7 Å². The van der Waals surface area contributed by atoms with Gasteiger partial charge >= 0.3 is 0 Å². The molecule has 0 spiro atoms. The number of methoxy groups -OCH3 is 1. The predicted molar refractivity (Wildman–Crippen MR) is 115 cm³/mol. The molecule has 0 fully saturated rings. The third-order valence-electron chi connectivity index (χ3n) is 4.21. The maximum Gasteiger partial charge on any atom is 0.255 e. The number of benzene rings is 3. The van der Waals surface area contributed by atoms with Crippen molar-refractivity contribution >= 4 is 57.5 Å². The average molecular weight is 448 g/mol. The first-order chi connectivity index (χ1) is 14.0. The van der Waals surface area contributed by atoms with Crippen LogP contribution in [0.25, 0.3) is 22.6 Å². The summed E-state index contributed by atoms with van der Waals surface area (Å²) in [4.78, 5) is 17.1. The third-order valence-corrected chi connectivity index (χ3v) is 5.10. The van der Waals surface area contributed by atoms with Crippen molar-refractivity contribution in [2.24, 2.45) is 0 Å². The second kappa shape index (κ2) is 7.95. The van der Waals surface area contributed by atoms with E-state index in [2.05, 4.69) is 10.3 Å². The second-order valence-corrected chi connectivity index (χ2v) is 7.33. The molecule has 0 atom stereocenters. The van der Waals surface area contributed by atoms with Crippen LogP contribution in [-0.4, -0.2) is 18.0 Å². The summed E-state index contributed by atoms with van der Waals surface area (Å²) >= 11 is 18.6. The zero-order chi connectivity index (χ0) is 20.5. The van der Waals surface area contributed by atoms with Gasteiger partial charge in [0, 0.05) is 11.3 Å². The Hall–Kier alpha value is -2.73. The van der Waals surface area contributed by atoms with Gasteiger partial charge in [-0.1, -0.05) is 46.9 Å². The van der Waals surface area contributed by atoms with Gasteiger partial charge in [0.2, 0.25) is 5.89 Å². The van der Waals surface area contributed by atoms with Crippen molar-refractivity contribution in [2.45, 2.75) is 0 Å². The fourth-order valence-electron chi connectivity index (χ4n) is 2.84. The van der Waals surface area contributed by atoms with Crippen LogP contribution < -0.4 is 10.1 Å². The number of amides is 1. The van der Waals surface area contributed by atoms with Crippen LogP contribution in [-0.2, 0) is 0 Å². The molecule has 0 aliphatic heterocycles. The number of fused-ring (bicyclic) bond motifs is 1. The molecule has 5 nitrogen and oxygen atoms in total. The number of carbonyl (C=O) groups excluding carboxylic acids is 1. The fourth-order valence-corrected chi connectivity index (χ4v) is 3.68. The van der Waals surface area contributed by atoms with E-state index in [9.17, 15) is 4.79 Å². The maximum absolute atomic E-state index is 12.7. The Morgan fingerprint density at radius 2 is 1.72 bits per heavy atom. The van der Waals surface area contributed by atoms with Gasteiger partial charge in [-0.05, 0) is 42.5 Å². The molecule has 4 rings (SSSR count). The van der Waals surface area contributed by atoms with Crippen LogP contribution >= 0.6 is 34.8 Å². The number of anilines is 1. The van der Waals surface area contributed by atoms with Gasteiger partial charge in [0.15, 0.2) is 11.3 Å². The summed E-state index contributed by atoms with van der Waals surface area (Å²) < 4.78 is 10.9. The van der Waals surface area contributed by atoms with Crippen molar-refractivity contribution in [1.29, 1.82) is 0 Å². The second-order valence-electron chi connectivity index (χ2n) is 6.11. The Labute approximate surface area is 181 Å². The van der Waals surface area contributed by atoms with E-state index in [0.29, 0.717) is 39.1 Å². The molecule has 1 amide bonds. The highest BCUT2D eigenvalue weighted by atomic mass is 35.5. The van der Waals surface area contributed by atoms with Gasteiger partial charge in [0.25, 0.3) is 5.91 Å². The van der Waals surface area contributed by atoms with Crippen LogP contribution in [0.4, 0.5) is 5.69 Å². The van der Waals surface area contributed by atoms with E-state index in [1.165, 1.54) is 19.2 Å². The summed E-state index contributed by atoms with van der Waals surface area (Å²) in [6.45, 7) is 0.